The van der Waals surface area contributed by atoms with Crippen LogP contribution in [0.25, 0.3) is 11.5 Å². The van der Waals surface area contributed by atoms with Gasteiger partial charge < -0.3 is 15.1 Å². The molecule has 3 rings (SSSR count). The highest BCUT2D eigenvalue weighted by molar-refractivity contribution is 5.89. The maximum atomic E-state index is 12.1. The number of nitrogens with one attached hydrogen (secondary N) is 2. The largest absolute Gasteiger partial charge is 0.463 e. The molecule has 0 fully saturated rings. The van der Waals surface area contributed by atoms with Gasteiger partial charge in [-0.25, -0.2) is 4.79 Å². The molecule has 2 aromatic heterocycles. The summed E-state index contributed by atoms with van der Waals surface area (Å²) in [5, 5.41) is 5.67. The average molecular weight is 349 g/mol. The van der Waals surface area contributed by atoms with E-state index in [1.807, 2.05) is 48.5 Å². The number of carbonyl (C=O) groups excluding carboxylic acids is 1. The lowest BCUT2D eigenvalue weighted by Gasteiger charge is -2.19. The van der Waals surface area contributed by atoms with Crippen molar-refractivity contribution >= 4 is 11.7 Å². The molecule has 0 atom stereocenters. The fraction of sp³-hybridized carbons (Fsp3) is 0.238. The lowest BCUT2D eigenvalue weighted by molar-refractivity contribution is 0.251. The Kier molecular flexibility index (Phi) is 5.07. The van der Waals surface area contributed by atoms with Gasteiger partial charge in [0, 0.05) is 18.4 Å². The van der Waals surface area contributed by atoms with Crippen molar-refractivity contribution in [3.8, 4) is 11.5 Å². The standard InChI is InChI=1S/C21H23N3O2/c1-21(2,3)16-7-9-17(10-8-16)24-20(25)23-14-15-6-11-18(22-13-15)19-5-4-12-26-19/h4-13H,14H2,1-3H3,(H2,23,24,25). The summed E-state index contributed by atoms with van der Waals surface area (Å²) >= 11 is 0. The van der Waals surface area contributed by atoms with E-state index in [0.29, 0.717) is 6.54 Å². The monoisotopic (exact) mass is 349 g/mol. The molecular formula is C21H23N3O2. The van der Waals surface area contributed by atoms with E-state index in [1.54, 1.807) is 12.5 Å². The van der Waals surface area contributed by atoms with Gasteiger partial charge in [-0.3, -0.25) is 4.98 Å². The number of pyridine rings is 1. The minimum absolute atomic E-state index is 0.0929. The third-order valence-electron chi connectivity index (χ3n) is 4.06. The van der Waals surface area contributed by atoms with E-state index in [1.165, 1.54) is 5.56 Å². The van der Waals surface area contributed by atoms with Gasteiger partial charge in [0.25, 0.3) is 0 Å². The van der Waals surface area contributed by atoms with Crippen LogP contribution in [-0.2, 0) is 12.0 Å². The summed E-state index contributed by atoms with van der Waals surface area (Å²) in [5.74, 6) is 0.723. The van der Waals surface area contributed by atoms with Gasteiger partial charge in [0.15, 0.2) is 5.76 Å². The molecule has 0 aliphatic heterocycles. The molecule has 0 spiro atoms. The first-order valence-corrected chi connectivity index (χ1v) is 8.56. The van der Waals surface area contributed by atoms with E-state index in [-0.39, 0.29) is 11.4 Å². The van der Waals surface area contributed by atoms with Crippen molar-refractivity contribution in [1.82, 2.24) is 10.3 Å². The number of benzene rings is 1. The van der Waals surface area contributed by atoms with E-state index in [9.17, 15) is 4.79 Å². The summed E-state index contributed by atoms with van der Waals surface area (Å²) in [6.07, 6.45) is 3.35. The van der Waals surface area contributed by atoms with Crippen molar-refractivity contribution in [2.45, 2.75) is 32.7 Å². The number of hydrogen-bond acceptors (Lipinski definition) is 3. The van der Waals surface area contributed by atoms with Crippen LogP contribution in [0.15, 0.2) is 65.4 Å². The number of furan rings is 1. The molecule has 3 aromatic rings. The lowest BCUT2D eigenvalue weighted by atomic mass is 9.87. The second kappa shape index (κ2) is 7.44. The Hall–Kier alpha value is -3.08. The number of anilines is 1. The number of nitrogens with zero attached hydrogens (tertiary/aromatic N) is 1. The summed E-state index contributed by atoms with van der Waals surface area (Å²) in [6.45, 7) is 6.88. The average Bonchev–Trinajstić information content (AvgIpc) is 3.15. The summed E-state index contributed by atoms with van der Waals surface area (Å²) in [6, 6.07) is 15.1. The number of hydrogen-bond donors (Lipinski definition) is 2. The zero-order chi connectivity index (χ0) is 18.6. The summed E-state index contributed by atoms with van der Waals surface area (Å²) < 4.78 is 5.31. The third kappa shape index (κ3) is 4.51. The Morgan fingerprint density at radius 3 is 2.42 bits per heavy atom. The molecule has 134 valence electrons. The molecular weight excluding hydrogens is 326 g/mol. The molecule has 0 saturated heterocycles. The van der Waals surface area contributed by atoms with Crippen molar-refractivity contribution in [3.05, 3.63) is 72.1 Å². The normalized spacial score (nSPS) is 11.2. The zero-order valence-electron chi connectivity index (χ0n) is 15.2. The predicted molar refractivity (Wildman–Crippen MR) is 103 cm³/mol. The molecule has 1 aromatic carbocycles. The number of carbonyl (C=O) groups is 1. The van der Waals surface area contributed by atoms with Crippen LogP contribution in [-0.4, -0.2) is 11.0 Å². The maximum absolute atomic E-state index is 12.1. The zero-order valence-corrected chi connectivity index (χ0v) is 15.2. The Bertz CT molecular complexity index is 846. The third-order valence-corrected chi connectivity index (χ3v) is 4.06. The molecule has 5 nitrogen and oxygen atoms in total. The molecule has 2 amide bonds. The van der Waals surface area contributed by atoms with E-state index < -0.39 is 0 Å². The Morgan fingerprint density at radius 1 is 1.08 bits per heavy atom. The molecule has 0 unspecified atom stereocenters. The topological polar surface area (TPSA) is 67.2 Å². The highest BCUT2D eigenvalue weighted by Gasteiger charge is 2.13. The second-order valence-electron chi connectivity index (χ2n) is 7.16. The van der Waals surface area contributed by atoms with Gasteiger partial charge >= 0.3 is 6.03 Å². The van der Waals surface area contributed by atoms with Crippen LogP contribution in [0.2, 0.25) is 0 Å². The second-order valence-corrected chi connectivity index (χ2v) is 7.16. The van der Waals surface area contributed by atoms with Crippen LogP contribution in [0, 0.1) is 0 Å². The van der Waals surface area contributed by atoms with Gasteiger partial charge in [0.1, 0.15) is 5.69 Å². The molecule has 0 radical (unpaired) electrons. The van der Waals surface area contributed by atoms with Crippen LogP contribution in [0.3, 0.4) is 0 Å². The lowest BCUT2D eigenvalue weighted by Crippen LogP contribution is -2.28. The highest BCUT2D eigenvalue weighted by Crippen LogP contribution is 2.23. The molecule has 0 bridgehead atoms. The van der Waals surface area contributed by atoms with Gasteiger partial charge in [0.2, 0.25) is 0 Å². The first-order chi connectivity index (χ1) is 12.4. The van der Waals surface area contributed by atoms with Crippen LogP contribution < -0.4 is 10.6 Å². The first kappa shape index (κ1) is 17.7. The van der Waals surface area contributed by atoms with E-state index in [2.05, 4.69) is 36.4 Å². The van der Waals surface area contributed by atoms with Gasteiger partial charge in [-0.15, -0.1) is 0 Å². The highest BCUT2D eigenvalue weighted by atomic mass is 16.3. The SMILES string of the molecule is CC(C)(C)c1ccc(NC(=O)NCc2ccc(-c3ccco3)nc2)cc1. The predicted octanol–water partition coefficient (Wildman–Crippen LogP) is 4.96. The molecule has 0 aliphatic carbocycles. The van der Waals surface area contributed by atoms with Gasteiger partial charge in [-0.2, -0.15) is 0 Å². The van der Waals surface area contributed by atoms with Crippen LogP contribution in [0.4, 0.5) is 10.5 Å². The number of aromatic nitrogens is 1. The fourth-order valence-electron chi connectivity index (χ4n) is 2.51. The van der Waals surface area contributed by atoms with Crippen molar-refractivity contribution < 1.29 is 9.21 Å². The molecule has 5 heteroatoms. The van der Waals surface area contributed by atoms with Crippen molar-refractivity contribution in [2.75, 3.05) is 5.32 Å². The van der Waals surface area contributed by atoms with Crippen LogP contribution in [0.1, 0.15) is 31.9 Å². The van der Waals surface area contributed by atoms with E-state index in [4.69, 9.17) is 4.42 Å². The fourth-order valence-corrected chi connectivity index (χ4v) is 2.51. The van der Waals surface area contributed by atoms with Gasteiger partial charge in [-0.05, 0) is 46.9 Å². The van der Waals surface area contributed by atoms with Gasteiger partial charge in [-0.1, -0.05) is 39.0 Å². The number of amides is 2. The van der Waals surface area contributed by atoms with Crippen LogP contribution in [0.5, 0.6) is 0 Å². The van der Waals surface area contributed by atoms with Crippen molar-refractivity contribution in [3.63, 3.8) is 0 Å². The molecule has 0 aliphatic rings. The molecule has 26 heavy (non-hydrogen) atoms. The Balaban J connectivity index is 1.52. The van der Waals surface area contributed by atoms with Crippen molar-refractivity contribution in [2.24, 2.45) is 0 Å². The van der Waals surface area contributed by atoms with Crippen LogP contribution >= 0.6 is 0 Å². The number of rotatable bonds is 4. The molecule has 2 heterocycles. The molecule has 0 saturated carbocycles. The minimum atomic E-state index is -0.247. The Labute approximate surface area is 153 Å². The Morgan fingerprint density at radius 2 is 1.85 bits per heavy atom. The maximum Gasteiger partial charge on any atom is 0.319 e. The van der Waals surface area contributed by atoms with Gasteiger partial charge in [0.05, 0.1) is 6.26 Å². The van der Waals surface area contributed by atoms with E-state index in [0.717, 1.165) is 22.7 Å². The quantitative estimate of drug-likeness (QED) is 0.699. The summed E-state index contributed by atoms with van der Waals surface area (Å²) in [7, 11) is 0. The van der Waals surface area contributed by atoms with Crippen molar-refractivity contribution in [1.29, 1.82) is 0 Å². The minimum Gasteiger partial charge on any atom is -0.463 e. The summed E-state index contributed by atoms with van der Waals surface area (Å²) in [4.78, 5) is 16.4. The smallest absolute Gasteiger partial charge is 0.319 e. The number of urea groups is 1. The van der Waals surface area contributed by atoms with E-state index >= 15 is 0 Å². The first-order valence-electron chi connectivity index (χ1n) is 8.56. The molecule has 2 N–H and O–H groups in total. The summed E-state index contributed by atoms with van der Waals surface area (Å²) in [5.41, 5.74) is 3.77.